The number of nitrogens with zero attached hydrogens (tertiary/aromatic N) is 1. The molecule has 0 unspecified atom stereocenters. The second-order valence-corrected chi connectivity index (χ2v) is 2.71. The molecule has 0 aliphatic carbocycles. The average Bonchev–Trinajstić information content (AvgIpc) is 2.47. The van der Waals surface area contributed by atoms with Gasteiger partial charge in [-0.1, -0.05) is 0 Å². The zero-order valence-electron chi connectivity index (χ0n) is 6.11. The molecule has 2 rings (SSSR count). The Morgan fingerprint density at radius 2 is 2.25 bits per heavy atom. The molecule has 0 aliphatic rings. The van der Waals surface area contributed by atoms with Gasteiger partial charge in [0.05, 0.1) is 0 Å². The van der Waals surface area contributed by atoms with E-state index in [0.717, 1.165) is 11.0 Å². The van der Waals surface area contributed by atoms with E-state index in [1.807, 2.05) is 24.3 Å². The molecule has 0 spiro atoms. The summed E-state index contributed by atoms with van der Waals surface area (Å²) in [4.78, 5) is 7.10. The first-order chi connectivity index (χ1) is 5.90. The maximum atomic E-state index is 10.2. The van der Waals surface area contributed by atoms with E-state index in [-0.39, 0.29) is 7.92 Å². The summed E-state index contributed by atoms with van der Waals surface area (Å²) in [6.45, 7) is 0. The number of rotatable bonds is 0. The van der Waals surface area contributed by atoms with Crippen molar-refractivity contribution in [3.05, 3.63) is 30.1 Å². The van der Waals surface area contributed by atoms with E-state index in [9.17, 15) is 4.57 Å². The van der Waals surface area contributed by atoms with Crippen LogP contribution in [0.1, 0.15) is 5.82 Å². The predicted molar refractivity (Wildman–Crippen MR) is 46.7 cm³/mol. The number of aromatic amines is 1. The number of benzene rings is 1. The Morgan fingerprint density at radius 1 is 1.42 bits per heavy atom. The molecule has 1 aromatic carbocycles. The Labute approximate surface area is 69.9 Å². The Bertz CT molecular complexity index is 479. The van der Waals surface area contributed by atoms with Crippen LogP contribution in [0.2, 0.25) is 0 Å². The summed E-state index contributed by atoms with van der Waals surface area (Å²) < 4.78 is 10.2. The van der Waals surface area contributed by atoms with E-state index in [0.29, 0.717) is 5.82 Å². The summed E-state index contributed by atoms with van der Waals surface area (Å²) in [5, 5.41) is 0. The molecule has 2 aromatic rings. The van der Waals surface area contributed by atoms with Gasteiger partial charge in [-0.15, -0.1) is 0 Å². The summed E-state index contributed by atoms with van der Waals surface area (Å²) in [6.07, 6.45) is 0. The van der Waals surface area contributed by atoms with Crippen LogP contribution in [0.4, 0.5) is 0 Å². The number of nitrogens with one attached hydrogen (secondary N) is 1. The third-order valence-electron chi connectivity index (χ3n) is 1.54. The van der Waals surface area contributed by atoms with Crippen LogP contribution in [0.25, 0.3) is 11.0 Å². The number of para-hydroxylation sites is 2. The van der Waals surface area contributed by atoms with E-state index < -0.39 is 0 Å². The zero-order valence-corrected chi connectivity index (χ0v) is 7.01. The summed E-state index contributed by atoms with van der Waals surface area (Å²) >= 11 is 0. The average molecular weight is 176 g/mol. The first-order valence-electron chi connectivity index (χ1n) is 3.43. The third-order valence-corrected chi connectivity index (χ3v) is 1.84. The zero-order chi connectivity index (χ0) is 8.39. The van der Waals surface area contributed by atoms with Gasteiger partial charge in [-0.05, 0) is 0 Å². The van der Waals surface area contributed by atoms with Gasteiger partial charge in [-0.25, -0.2) is 0 Å². The quantitative estimate of drug-likeness (QED) is 0.625. The van der Waals surface area contributed by atoms with Gasteiger partial charge in [0.2, 0.25) is 0 Å². The molecule has 1 aromatic heterocycles. The molecule has 0 saturated heterocycles. The second-order valence-electron chi connectivity index (χ2n) is 2.31. The number of aromatic nitrogens is 2. The minimum atomic E-state index is -0.149. The Hall–Kier alpha value is -1.30. The molecule has 0 saturated carbocycles. The second kappa shape index (κ2) is 2.98. The fraction of sp³-hybridized carbons (Fsp3) is 0. The fourth-order valence-corrected chi connectivity index (χ4v) is 1.24. The Balaban J connectivity index is 2.75. The molecule has 1 N–H and O–H groups in total. The Kier molecular flexibility index (Phi) is 1.83. The number of imidazole rings is 1. The molecule has 0 atom stereocenters. The molecule has 0 fully saturated rings. The normalized spacial score (nSPS) is 9.67. The molecular weight excluding hydrogens is 171 g/mol. The molecular formula is C8H5N2OP. The van der Waals surface area contributed by atoms with Crippen molar-refractivity contribution in [2.24, 2.45) is 0 Å². The van der Waals surface area contributed by atoms with E-state index in [4.69, 9.17) is 0 Å². The first kappa shape index (κ1) is 7.35. The van der Waals surface area contributed by atoms with Crippen molar-refractivity contribution < 1.29 is 4.57 Å². The number of H-pyrrole nitrogens is 1. The topological polar surface area (TPSA) is 45.8 Å². The van der Waals surface area contributed by atoms with E-state index in [1.54, 1.807) is 0 Å². The van der Waals surface area contributed by atoms with E-state index in [2.05, 4.69) is 15.6 Å². The fourth-order valence-electron chi connectivity index (χ4n) is 1.05. The van der Waals surface area contributed by atoms with Crippen LogP contribution in [-0.4, -0.2) is 9.97 Å². The van der Waals surface area contributed by atoms with E-state index >= 15 is 0 Å². The van der Waals surface area contributed by atoms with Gasteiger partial charge in [-0.3, -0.25) is 0 Å². The summed E-state index contributed by atoms with van der Waals surface area (Å²) in [5.41, 5.74) is 4.35. The maximum absolute atomic E-state index is 10.2. The van der Waals surface area contributed by atoms with Gasteiger partial charge in [0, 0.05) is 0 Å². The molecule has 0 bridgehead atoms. The van der Waals surface area contributed by atoms with Gasteiger partial charge < -0.3 is 0 Å². The molecule has 12 heavy (non-hydrogen) atoms. The van der Waals surface area contributed by atoms with Crippen LogP contribution in [-0.2, 0) is 4.57 Å². The number of hydrogen-bond acceptors (Lipinski definition) is 2. The van der Waals surface area contributed by atoms with Gasteiger partial charge in [-0.2, -0.15) is 0 Å². The molecule has 0 radical (unpaired) electrons. The van der Waals surface area contributed by atoms with Crippen molar-refractivity contribution >= 4 is 18.9 Å². The van der Waals surface area contributed by atoms with Crippen LogP contribution in [0.5, 0.6) is 0 Å². The molecule has 1 heterocycles. The summed E-state index contributed by atoms with van der Waals surface area (Å²) in [5.74, 6) is 0.521. The number of fused-ring (bicyclic) bond motifs is 1. The van der Waals surface area contributed by atoms with Crippen molar-refractivity contribution in [2.75, 3.05) is 0 Å². The van der Waals surface area contributed by atoms with Gasteiger partial charge in [0.25, 0.3) is 0 Å². The summed E-state index contributed by atoms with van der Waals surface area (Å²) in [7, 11) is -0.149. The van der Waals surface area contributed by atoms with Gasteiger partial charge >= 0.3 is 69.2 Å². The minimum absolute atomic E-state index is 0.149. The van der Waals surface area contributed by atoms with Crippen molar-refractivity contribution in [3.8, 4) is 5.63 Å². The van der Waals surface area contributed by atoms with Crippen LogP contribution < -0.4 is 0 Å². The molecule has 0 amide bonds. The monoisotopic (exact) mass is 176 g/mol. The van der Waals surface area contributed by atoms with Crippen LogP contribution in [0.3, 0.4) is 0 Å². The third kappa shape index (κ3) is 1.20. The molecule has 0 aliphatic heterocycles. The van der Waals surface area contributed by atoms with Gasteiger partial charge in [0.15, 0.2) is 0 Å². The molecule has 3 nitrogen and oxygen atoms in total. The van der Waals surface area contributed by atoms with Crippen LogP contribution in [0, 0.1) is 5.63 Å². The van der Waals surface area contributed by atoms with Crippen LogP contribution >= 0.6 is 7.92 Å². The Morgan fingerprint density at radius 3 is 3.00 bits per heavy atom. The van der Waals surface area contributed by atoms with Gasteiger partial charge in [0.1, 0.15) is 0 Å². The van der Waals surface area contributed by atoms with Crippen molar-refractivity contribution in [3.63, 3.8) is 0 Å². The van der Waals surface area contributed by atoms with Crippen molar-refractivity contribution in [2.45, 2.75) is 0 Å². The standard InChI is InChI=1S/C8H5N2OP/c11-12-5-8-9-6-3-1-2-4-7(6)10-8/h1-4H,(H,9,10). The van der Waals surface area contributed by atoms with Crippen molar-refractivity contribution in [1.82, 2.24) is 9.97 Å². The first-order valence-corrected chi connectivity index (χ1v) is 4.24. The molecule has 4 heteroatoms. The van der Waals surface area contributed by atoms with E-state index in [1.165, 1.54) is 0 Å². The van der Waals surface area contributed by atoms with Crippen LogP contribution in [0.15, 0.2) is 24.3 Å². The SMILES string of the molecule is O=P#Cc1nc2ccccc2[nH]1. The van der Waals surface area contributed by atoms with Crippen molar-refractivity contribution in [1.29, 1.82) is 0 Å². The molecule has 58 valence electrons. The predicted octanol–water partition coefficient (Wildman–Crippen LogP) is 2.16. The summed E-state index contributed by atoms with van der Waals surface area (Å²) in [6, 6.07) is 7.62. The number of hydrogen-bond donors (Lipinski definition) is 1.